The molecule has 30 heavy (non-hydrogen) atoms. The van der Waals surface area contributed by atoms with E-state index in [-0.39, 0.29) is 5.92 Å². The first kappa shape index (κ1) is 18.9. The van der Waals surface area contributed by atoms with Crippen LogP contribution in [0.5, 0.6) is 5.75 Å². The van der Waals surface area contributed by atoms with Gasteiger partial charge in [-0.3, -0.25) is 4.40 Å². The summed E-state index contributed by atoms with van der Waals surface area (Å²) in [6.07, 6.45) is 13.4. The third-order valence-corrected chi connectivity index (χ3v) is 6.18. The molecule has 2 N–H and O–H groups in total. The lowest BCUT2D eigenvalue weighted by Crippen LogP contribution is -2.36. The number of benzene rings is 1. The number of nitrogen functional groups attached to an aromatic ring is 1. The molecule has 0 spiro atoms. The number of anilines is 1. The molecule has 0 aliphatic heterocycles. The number of para-hydroxylation sites is 1. The maximum Gasteiger partial charge on any atom is 0.250 e. The molecule has 6 heteroatoms. The highest BCUT2D eigenvalue weighted by Crippen LogP contribution is 2.41. The van der Waals surface area contributed by atoms with Crippen LogP contribution in [0.4, 0.5) is 5.82 Å². The lowest BCUT2D eigenvalue weighted by Gasteiger charge is -2.32. The summed E-state index contributed by atoms with van der Waals surface area (Å²) in [6, 6.07) is 9.69. The van der Waals surface area contributed by atoms with E-state index in [1.54, 1.807) is 13.3 Å². The van der Waals surface area contributed by atoms with Gasteiger partial charge in [-0.25, -0.2) is 9.97 Å². The van der Waals surface area contributed by atoms with Crippen molar-refractivity contribution in [1.29, 1.82) is 0 Å². The SMILES string of the molecule is COC1(Oc2ccccc2)C=CC(c2nc(C3CCC3)n3ccnc(N)c23)C(C)=C1. The average Bonchev–Trinajstić information content (AvgIpc) is 3.08. The predicted molar refractivity (Wildman–Crippen MR) is 116 cm³/mol. The zero-order chi connectivity index (χ0) is 20.7. The van der Waals surface area contributed by atoms with Crippen LogP contribution in [0.2, 0.25) is 0 Å². The molecule has 2 unspecified atom stereocenters. The highest BCUT2D eigenvalue weighted by atomic mass is 16.7. The Labute approximate surface area is 176 Å². The molecule has 0 saturated heterocycles. The van der Waals surface area contributed by atoms with Crippen molar-refractivity contribution in [2.45, 2.75) is 43.8 Å². The molecule has 2 aliphatic rings. The Bertz CT molecular complexity index is 1130. The second-order valence-electron chi connectivity index (χ2n) is 8.08. The number of aromatic nitrogens is 3. The Morgan fingerprint density at radius 2 is 2.00 bits per heavy atom. The van der Waals surface area contributed by atoms with E-state index in [1.165, 1.54) is 19.3 Å². The van der Waals surface area contributed by atoms with E-state index in [4.69, 9.17) is 20.2 Å². The first-order chi connectivity index (χ1) is 14.6. The third-order valence-electron chi connectivity index (χ3n) is 6.18. The van der Waals surface area contributed by atoms with E-state index in [9.17, 15) is 0 Å². The van der Waals surface area contributed by atoms with Crippen LogP contribution in [0.1, 0.15) is 49.5 Å². The minimum Gasteiger partial charge on any atom is -0.455 e. The quantitative estimate of drug-likeness (QED) is 0.499. The highest BCUT2D eigenvalue weighted by molar-refractivity contribution is 5.71. The Hall–Kier alpha value is -3.12. The highest BCUT2D eigenvalue weighted by Gasteiger charge is 2.35. The standard InChI is InChI=1S/C24H26N4O2/c1-16-15-24(29-2,30-18-9-4-3-5-10-18)12-11-19(16)20-21-22(25)26-13-14-28(21)23(27-20)17-7-6-8-17/h3-5,9-15,17,19H,6-8H2,1-2H3,(H2,25,26). The number of fused-ring (bicyclic) bond motifs is 1. The van der Waals surface area contributed by atoms with Crippen LogP contribution in [-0.4, -0.2) is 27.3 Å². The topological polar surface area (TPSA) is 74.7 Å². The van der Waals surface area contributed by atoms with Crippen LogP contribution < -0.4 is 10.5 Å². The summed E-state index contributed by atoms with van der Waals surface area (Å²) in [7, 11) is 1.65. The van der Waals surface area contributed by atoms with Gasteiger partial charge in [0, 0.05) is 31.3 Å². The number of allylic oxidation sites excluding steroid dienone is 2. The van der Waals surface area contributed by atoms with E-state index < -0.39 is 5.79 Å². The van der Waals surface area contributed by atoms with E-state index in [0.29, 0.717) is 11.7 Å². The molecular formula is C24H26N4O2. The zero-order valence-corrected chi connectivity index (χ0v) is 17.3. The number of ether oxygens (including phenoxy) is 2. The minimum atomic E-state index is -0.946. The molecule has 0 amide bonds. The van der Waals surface area contributed by atoms with Crippen molar-refractivity contribution >= 4 is 11.3 Å². The van der Waals surface area contributed by atoms with Crippen LogP contribution in [0.25, 0.3) is 5.52 Å². The summed E-state index contributed by atoms with van der Waals surface area (Å²) in [5.41, 5.74) is 9.24. The number of hydrogen-bond donors (Lipinski definition) is 1. The van der Waals surface area contributed by atoms with Crippen LogP contribution in [-0.2, 0) is 4.74 Å². The van der Waals surface area contributed by atoms with E-state index in [2.05, 4.69) is 22.4 Å². The van der Waals surface area contributed by atoms with Crippen molar-refractivity contribution < 1.29 is 9.47 Å². The smallest absolute Gasteiger partial charge is 0.250 e. The molecule has 3 aromatic rings. The number of nitrogens with two attached hydrogens (primary N) is 1. The van der Waals surface area contributed by atoms with Gasteiger partial charge in [-0.2, -0.15) is 0 Å². The first-order valence-electron chi connectivity index (χ1n) is 10.4. The first-order valence-corrected chi connectivity index (χ1v) is 10.4. The molecule has 0 radical (unpaired) electrons. The van der Waals surface area contributed by atoms with Gasteiger partial charge in [0.2, 0.25) is 5.79 Å². The maximum atomic E-state index is 6.30. The van der Waals surface area contributed by atoms with Gasteiger partial charge < -0.3 is 15.2 Å². The van der Waals surface area contributed by atoms with Gasteiger partial charge in [0.05, 0.1) is 5.69 Å². The van der Waals surface area contributed by atoms with Gasteiger partial charge in [0.15, 0.2) is 0 Å². The second-order valence-corrected chi connectivity index (χ2v) is 8.08. The Balaban J connectivity index is 1.54. The largest absolute Gasteiger partial charge is 0.455 e. The molecule has 154 valence electrons. The molecule has 6 nitrogen and oxygen atoms in total. The third kappa shape index (κ3) is 3.08. The number of nitrogens with zero attached hydrogens (tertiary/aromatic N) is 3. The molecule has 2 heterocycles. The van der Waals surface area contributed by atoms with Gasteiger partial charge in [-0.1, -0.05) is 36.3 Å². The van der Waals surface area contributed by atoms with Crippen molar-refractivity contribution in [3.05, 3.63) is 78.0 Å². The van der Waals surface area contributed by atoms with Crippen LogP contribution in [0, 0.1) is 0 Å². The normalized spacial score (nSPS) is 23.9. The Morgan fingerprint density at radius 1 is 1.20 bits per heavy atom. The van der Waals surface area contributed by atoms with Crippen LogP contribution >= 0.6 is 0 Å². The van der Waals surface area contributed by atoms with Crippen molar-refractivity contribution in [3.63, 3.8) is 0 Å². The minimum absolute atomic E-state index is 0.0111. The molecule has 2 aromatic heterocycles. The van der Waals surface area contributed by atoms with Crippen molar-refractivity contribution in [3.8, 4) is 5.75 Å². The molecule has 2 aliphatic carbocycles. The van der Waals surface area contributed by atoms with Crippen molar-refractivity contribution in [2.75, 3.05) is 12.8 Å². The molecule has 2 atom stereocenters. The Morgan fingerprint density at radius 3 is 2.67 bits per heavy atom. The number of imidazole rings is 1. The van der Waals surface area contributed by atoms with Crippen LogP contribution in [0.3, 0.4) is 0 Å². The second kappa shape index (κ2) is 7.29. The summed E-state index contributed by atoms with van der Waals surface area (Å²) in [6.45, 7) is 2.08. The van der Waals surface area contributed by atoms with Crippen molar-refractivity contribution in [2.24, 2.45) is 0 Å². The summed E-state index contributed by atoms with van der Waals surface area (Å²) < 4.78 is 14.1. The van der Waals surface area contributed by atoms with Crippen molar-refractivity contribution in [1.82, 2.24) is 14.4 Å². The van der Waals surface area contributed by atoms with Gasteiger partial charge in [-0.15, -0.1) is 0 Å². The van der Waals surface area contributed by atoms with Gasteiger partial charge in [0.1, 0.15) is 22.9 Å². The summed E-state index contributed by atoms with van der Waals surface area (Å²) in [5.74, 6) is 1.88. The van der Waals surface area contributed by atoms with Gasteiger partial charge in [-0.05, 0) is 44.1 Å². The number of rotatable bonds is 5. The average molecular weight is 402 g/mol. The maximum absolute atomic E-state index is 6.30. The number of hydrogen-bond acceptors (Lipinski definition) is 5. The van der Waals surface area contributed by atoms with E-state index >= 15 is 0 Å². The summed E-state index contributed by atoms with van der Waals surface area (Å²) >= 11 is 0. The molecule has 1 aromatic carbocycles. The Kier molecular flexibility index (Phi) is 4.59. The van der Waals surface area contributed by atoms with E-state index in [1.807, 2.05) is 48.7 Å². The molecule has 0 bridgehead atoms. The predicted octanol–water partition coefficient (Wildman–Crippen LogP) is 4.60. The fourth-order valence-electron chi connectivity index (χ4n) is 4.34. The zero-order valence-electron chi connectivity index (χ0n) is 17.3. The lowest BCUT2D eigenvalue weighted by atomic mass is 9.85. The lowest BCUT2D eigenvalue weighted by molar-refractivity contribution is -0.0868. The van der Waals surface area contributed by atoms with Crippen LogP contribution in [0.15, 0.2) is 66.5 Å². The fourth-order valence-corrected chi connectivity index (χ4v) is 4.34. The van der Waals surface area contributed by atoms with Gasteiger partial charge >= 0.3 is 0 Å². The molecule has 5 rings (SSSR count). The van der Waals surface area contributed by atoms with Gasteiger partial charge in [0.25, 0.3) is 0 Å². The fraction of sp³-hybridized carbons (Fsp3) is 0.333. The monoisotopic (exact) mass is 402 g/mol. The van der Waals surface area contributed by atoms with E-state index in [0.717, 1.165) is 28.4 Å². The summed E-state index contributed by atoms with van der Waals surface area (Å²) in [4.78, 5) is 9.40. The molecular weight excluding hydrogens is 376 g/mol. The molecule has 1 saturated carbocycles. The molecule has 1 fully saturated rings. The summed E-state index contributed by atoms with van der Waals surface area (Å²) in [5, 5.41) is 0. The number of methoxy groups -OCH3 is 1.